The molecule has 4 aliphatic heterocycles. The predicted octanol–water partition coefficient (Wildman–Crippen LogP) is 21.9. The quantitative estimate of drug-likeness (QED) is 0.0212. The van der Waals surface area contributed by atoms with Crippen molar-refractivity contribution in [3.8, 4) is 69.0 Å². The lowest BCUT2D eigenvalue weighted by molar-refractivity contribution is -0.152. The molecular weight excluding hydrogens is 1750 g/mol. The van der Waals surface area contributed by atoms with Gasteiger partial charge in [-0.25, -0.2) is 4.98 Å². The molecule has 3 fully saturated rings. The SMILES string of the molecule is C.C.CCC(=O)N=NC=O.CCOC(=O)C1C2Oc3ccc(C)cc3C21.CCOC(=O)C1C2Oc3ccc(O)cc3C21.CCOC(COc1ccc(OC)cc1)OCC.COc1ccc(O)cc1.COc1ccc2occc2c1.Cc1ccc2occc2c1.O=C(Cc1cccc(C(F)(F)F)c1)C[C@@H]1[C@H]2Oc3ccc(Oc4ccnc5c4CCC(=O)N5)cc3[C@@H]12.Oc1ccc2occc2c1. The molecule has 31 heteroatoms. The number of phenolic OH excluding ortho intramolecular Hbond substituents is 3. The first-order chi connectivity index (χ1) is 64.2. The summed E-state index contributed by atoms with van der Waals surface area (Å²) in [7, 11) is 4.88. The third kappa shape index (κ3) is 27.7. The summed E-state index contributed by atoms with van der Waals surface area (Å²) < 4.78 is 119. The number of benzene rings is 9. The number of carbonyl (C=O) groups excluding carboxylic acids is 6. The summed E-state index contributed by atoms with van der Waals surface area (Å²) in [6.45, 7) is 15.7. The number of ketones is 1. The Kier molecular flexibility index (Phi) is 36.9. The Morgan fingerprint density at radius 1 is 0.533 bits per heavy atom. The zero-order valence-electron chi connectivity index (χ0n) is 74.8. The highest BCUT2D eigenvalue weighted by molar-refractivity contribution is 5.93. The molecule has 3 saturated carbocycles. The lowest BCUT2D eigenvalue weighted by Crippen LogP contribution is -2.25. The molecule has 0 radical (unpaired) electrons. The van der Waals surface area contributed by atoms with Crippen molar-refractivity contribution in [1.29, 1.82) is 0 Å². The standard InChI is InChI=1S/C27H21F3N2O4.C13H20O4.C13H14O3.C12H12O4.C9H8O2.C9H8O.C8H6O2.C7H8O2.C4H6N2O2.2CH4/c28-27(29,30)15-3-1-2-14(10-15)11-16(33)12-20-24-19-13-17(4-6-21(19)36-25(20)24)35-22-8-9-31-26-18(22)5-7-23(34)32-26;1-4-15-13(16-5-2)10-17-12-8-6-11(14-3)7-9-12;1-3-15-13(14)11-10-8-6-7(2)4-5-9(8)16-12(10)11;1-2-15-12(14)10-9-7-5-6(13)3-4-8(7)16-11(9)10;1-10-8-2-3-9-7(6-8)4-5-11-9;1-7-2-3-9-8(6-7)4-5-10-9;9-7-1-2-8-6(5-7)3-4-10-8;1-9-7-4-2-6(8)3-5-7;1-2-4(8)6-5-3-7;;/h1-4,6,8-10,13,20,24-25H,5,7,11-12H2,(H,31,32,34);6-9,13H,4-5,10H2,1-3H3;4-6,10-12H,3H2,1-2H3;3-5,9-11,13H,2H2,1H3;2-6H,1H3;2-6H,1H3;1-5,9H;2-5,8H,1H3;3H,2H2,1H3;2*1H4/t20-,24-,25+;;;;;;;;;;/m0........../s1. The molecular formula is C104H111F3N4O24. The van der Waals surface area contributed by atoms with Gasteiger partial charge in [0.1, 0.15) is 134 Å². The maximum absolute atomic E-state index is 13.0. The van der Waals surface area contributed by atoms with E-state index in [0.717, 1.165) is 96.6 Å². The highest BCUT2D eigenvalue weighted by atomic mass is 19.4. The first-order valence-electron chi connectivity index (χ1n) is 43.1. The van der Waals surface area contributed by atoms with Gasteiger partial charge in [0, 0.05) is 107 Å². The number of phenols is 3. The highest BCUT2D eigenvalue weighted by Gasteiger charge is 2.65. The average molecular weight is 1860 g/mol. The molecule has 7 aliphatic rings. The number of furan rings is 3. The molecule has 8 heterocycles. The second-order valence-corrected chi connectivity index (χ2v) is 30.9. The molecule has 3 amide bonds. The number of nitrogens with zero attached hydrogens (tertiary/aromatic N) is 3. The van der Waals surface area contributed by atoms with Gasteiger partial charge in [0.25, 0.3) is 12.3 Å². The number of aromatic nitrogens is 1. The van der Waals surface area contributed by atoms with Crippen LogP contribution in [0, 0.1) is 31.6 Å². The van der Waals surface area contributed by atoms with Crippen LogP contribution >= 0.6 is 0 Å². The van der Waals surface area contributed by atoms with Gasteiger partial charge in [0.2, 0.25) is 5.91 Å². The highest BCUT2D eigenvalue weighted by Crippen LogP contribution is 2.62. The van der Waals surface area contributed by atoms with Crippen LogP contribution in [0.4, 0.5) is 19.0 Å². The minimum atomic E-state index is -4.44. The van der Waals surface area contributed by atoms with Crippen molar-refractivity contribution in [2.24, 2.45) is 28.0 Å². The van der Waals surface area contributed by atoms with Crippen molar-refractivity contribution in [2.45, 2.75) is 144 Å². The third-order valence-electron chi connectivity index (χ3n) is 21.8. The first kappa shape index (κ1) is 102. The number of ether oxygens (including phenoxy) is 12. The monoisotopic (exact) mass is 1860 g/mol. The van der Waals surface area contributed by atoms with Crippen molar-refractivity contribution in [2.75, 3.05) is 59.7 Å². The molecule has 0 spiro atoms. The van der Waals surface area contributed by atoms with E-state index < -0.39 is 11.7 Å². The Hall–Kier alpha value is -14.7. The minimum absolute atomic E-state index is 0. The summed E-state index contributed by atoms with van der Waals surface area (Å²) >= 11 is 0. The van der Waals surface area contributed by atoms with Gasteiger partial charge < -0.3 is 90.7 Å². The molecule has 712 valence electrons. The van der Waals surface area contributed by atoms with Gasteiger partial charge in [-0.05, 0) is 223 Å². The van der Waals surface area contributed by atoms with Gasteiger partial charge >= 0.3 is 18.1 Å². The van der Waals surface area contributed by atoms with E-state index in [1.807, 2.05) is 124 Å². The normalized spacial score (nSPS) is 17.5. The maximum Gasteiger partial charge on any atom is 0.416 e. The van der Waals surface area contributed by atoms with Crippen LogP contribution in [0.25, 0.3) is 32.9 Å². The number of fused-ring (bicyclic) bond motifs is 13. The van der Waals surface area contributed by atoms with E-state index >= 15 is 0 Å². The first-order valence-corrected chi connectivity index (χ1v) is 43.1. The Bertz CT molecular complexity index is 5990. The number of hydrogen-bond acceptors (Lipinski definition) is 25. The summed E-state index contributed by atoms with van der Waals surface area (Å²) in [4.78, 5) is 71.2. The van der Waals surface area contributed by atoms with Gasteiger partial charge in [0.05, 0.1) is 58.9 Å². The van der Waals surface area contributed by atoms with Gasteiger partial charge in [0.15, 0.2) is 6.29 Å². The number of alkyl halides is 3. The van der Waals surface area contributed by atoms with Crippen LogP contribution in [0.15, 0.2) is 255 Å². The minimum Gasteiger partial charge on any atom is -0.508 e. The van der Waals surface area contributed by atoms with Crippen LogP contribution < -0.4 is 43.2 Å². The van der Waals surface area contributed by atoms with Crippen LogP contribution in [0.1, 0.15) is 131 Å². The summed E-state index contributed by atoms with van der Waals surface area (Å²) in [6, 6.07) is 59.9. The molecule has 135 heavy (non-hydrogen) atoms. The molecule has 0 saturated heterocycles. The fraction of sp³-hybridized carbons (Fsp3) is 0.317. The number of halogens is 3. The number of amides is 3. The van der Waals surface area contributed by atoms with E-state index in [1.165, 1.54) is 28.1 Å². The number of Topliss-reactive ketones (excluding diaryl/α,β-unsaturated/α-hetero) is 1. The number of hydrogen-bond donors (Lipinski definition) is 4. The molecule has 9 aromatic carbocycles. The van der Waals surface area contributed by atoms with Crippen LogP contribution in [0.3, 0.4) is 0 Å². The third-order valence-corrected chi connectivity index (χ3v) is 21.8. The number of aromatic hydroxyl groups is 3. The Balaban J connectivity index is 0.000000165. The van der Waals surface area contributed by atoms with Crippen LogP contribution in [-0.4, -0.2) is 135 Å². The molecule has 28 nitrogen and oxygen atoms in total. The second kappa shape index (κ2) is 48.6. The maximum atomic E-state index is 13.0. The average Bonchev–Trinajstić information content (AvgIpc) is 1.55. The number of carbonyl (C=O) groups is 6. The molecule has 6 unspecified atom stereocenters. The zero-order valence-corrected chi connectivity index (χ0v) is 74.8. The molecule has 4 N–H and O–H groups in total. The van der Waals surface area contributed by atoms with E-state index in [0.29, 0.717) is 68.8 Å². The molecule has 3 aliphatic carbocycles. The summed E-state index contributed by atoms with van der Waals surface area (Å²) in [6.07, 6.45) is 3.28. The van der Waals surface area contributed by atoms with Gasteiger partial charge in [-0.2, -0.15) is 13.2 Å². The molecule has 13 aromatic rings. The van der Waals surface area contributed by atoms with Crippen LogP contribution in [0.5, 0.6) is 69.0 Å². The largest absolute Gasteiger partial charge is 0.508 e. The lowest BCUT2D eigenvalue weighted by atomic mass is 10.0. The van der Waals surface area contributed by atoms with Crippen molar-refractivity contribution in [3.05, 3.63) is 276 Å². The summed E-state index contributed by atoms with van der Waals surface area (Å²) in [5, 5.41) is 38.9. The van der Waals surface area contributed by atoms with Crippen molar-refractivity contribution < 1.29 is 127 Å². The predicted molar refractivity (Wildman–Crippen MR) is 498 cm³/mol. The van der Waals surface area contributed by atoms with Gasteiger partial charge in [-0.1, -0.05) is 69.3 Å². The van der Waals surface area contributed by atoms with E-state index in [2.05, 4.69) is 46.5 Å². The van der Waals surface area contributed by atoms with Crippen molar-refractivity contribution in [3.63, 3.8) is 0 Å². The molecule has 4 aromatic heterocycles. The van der Waals surface area contributed by atoms with E-state index in [4.69, 9.17) is 80.3 Å². The fourth-order valence-electron chi connectivity index (χ4n) is 15.2. The summed E-state index contributed by atoms with van der Waals surface area (Å²) in [5.41, 5.74) is 8.64. The number of anilines is 1. The fourth-order valence-corrected chi connectivity index (χ4v) is 15.2. The van der Waals surface area contributed by atoms with E-state index in [1.54, 1.807) is 133 Å². The summed E-state index contributed by atoms with van der Waals surface area (Å²) in [5.74, 6) is 7.34. The number of pyridine rings is 1. The van der Waals surface area contributed by atoms with E-state index in [9.17, 15) is 47.0 Å². The molecule has 20 rings (SSSR count). The van der Waals surface area contributed by atoms with E-state index in [-0.39, 0.29) is 147 Å². The second-order valence-electron chi connectivity index (χ2n) is 30.9. The number of nitrogens with one attached hydrogen (secondary N) is 1. The smallest absolute Gasteiger partial charge is 0.416 e. The lowest BCUT2D eigenvalue weighted by Gasteiger charge is -2.19. The number of aryl methyl sites for hydroxylation is 2. The van der Waals surface area contributed by atoms with Gasteiger partial charge in [-0.3, -0.25) is 28.8 Å². The molecule has 0 bridgehead atoms. The van der Waals surface area contributed by atoms with Crippen LogP contribution in [-0.2, 0) is 66.7 Å². The van der Waals surface area contributed by atoms with Crippen LogP contribution in [0.2, 0.25) is 0 Å². The Morgan fingerprint density at radius 2 is 1.03 bits per heavy atom. The van der Waals surface area contributed by atoms with Gasteiger partial charge in [-0.15, -0.1) is 10.2 Å². The number of esters is 2. The topological polar surface area (TPSA) is 363 Å². The van der Waals surface area contributed by atoms with Crippen molar-refractivity contribution in [1.82, 2.24) is 4.98 Å². The Morgan fingerprint density at radius 3 is 1.61 bits per heavy atom. The number of methoxy groups -OCH3 is 3. The zero-order chi connectivity index (χ0) is 94.8. The van der Waals surface area contributed by atoms with Crippen molar-refractivity contribution >= 4 is 74.7 Å². The number of azo groups is 1. The number of rotatable bonds is 22. The molecule has 9 atom stereocenters. The Labute approximate surface area is 779 Å².